The maximum absolute atomic E-state index is 11.5. The summed E-state index contributed by atoms with van der Waals surface area (Å²) in [6, 6.07) is 15.7. The van der Waals surface area contributed by atoms with Crippen molar-refractivity contribution in [3.05, 3.63) is 88.4 Å². The van der Waals surface area contributed by atoms with Crippen LogP contribution in [-0.2, 0) is 13.2 Å². The van der Waals surface area contributed by atoms with Gasteiger partial charge in [0.15, 0.2) is 0 Å². The van der Waals surface area contributed by atoms with Gasteiger partial charge in [0.05, 0.1) is 17.7 Å². The van der Waals surface area contributed by atoms with Gasteiger partial charge in [-0.1, -0.05) is 18.2 Å². The summed E-state index contributed by atoms with van der Waals surface area (Å²) < 4.78 is 5.89. The Morgan fingerprint density at radius 1 is 1.07 bits per heavy atom. The van der Waals surface area contributed by atoms with Gasteiger partial charge in [0.2, 0.25) is 0 Å². The first-order valence-corrected chi connectivity index (χ1v) is 9.65. The van der Waals surface area contributed by atoms with Crippen molar-refractivity contribution in [2.75, 3.05) is 13.1 Å². The minimum Gasteiger partial charge on any atom is -0.487 e. The summed E-state index contributed by atoms with van der Waals surface area (Å²) in [5.41, 5.74) is 3.00. The minimum absolute atomic E-state index is 0.0741. The number of pyridine rings is 1. The van der Waals surface area contributed by atoms with Gasteiger partial charge in [-0.3, -0.25) is 14.7 Å². The van der Waals surface area contributed by atoms with Crippen LogP contribution in [0.15, 0.2) is 65.8 Å². The number of piperidine rings is 1. The molecule has 0 aliphatic carbocycles. The van der Waals surface area contributed by atoms with Gasteiger partial charge in [-0.05, 0) is 55.8 Å². The molecule has 0 spiro atoms. The van der Waals surface area contributed by atoms with Gasteiger partial charge in [0, 0.05) is 24.7 Å². The number of nitrogens with one attached hydrogen (secondary N) is 1. The number of hydrogen-bond donors (Lipinski definition) is 1. The van der Waals surface area contributed by atoms with E-state index in [2.05, 4.69) is 32.0 Å². The Balaban J connectivity index is 1.31. The number of nitrogens with zero attached hydrogens (tertiary/aromatic N) is 3. The molecule has 6 nitrogen and oxygen atoms in total. The predicted octanol–water partition coefficient (Wildman–Crippen LogP) is 3.12. The summed E-state index contributed by atoms with van der Waals surface area (Å²) in [5.74, 6) is 1.23. The molecule has 2 aromatic heterocycles. The Morgan fingerprint density at radius 3 is 2.75 bits per heavy atom. The van der Waals surface area contributed by atoms with Crippen LogP contribution in [0.1, 0.15) is 35.7 Å². The summed E-state index contributed by atoms with van der Waals surface area (Å²) in [5, 5.41) is 0. The molecule has 144 valence electrons. The fourth-order valence-electron chi connectivity index (χ4n) is 3.63. The maximum atomic E-state index is 11.5. The smallest absolute Gasteiger partial charge is 0.250 e. The van der Waals surface area contributed by atoms with Gasteiger partial charge in [0.25, 0.3) is 5.56 Å². The highest BCUT2D eigenvalue weighted by Gasteiger charge is 2.21. The second kappa shape index (κ2) is 8.80. The quantitative estimate of drug-likeness (QED) is 0.716. The molecule has 1 aliphatic heterocycles. The zero-order valence-electron chi connectivity index (χ0n) is 15.8. The first-order valence-electron chi connectivity index (χ1n) is 9.65. The van der Waals surface area contributed by atoms with E-state index in [1.165, 1.54) is 11.9 Å². The zero-order valence-corrected chi connectivity index (χ0v) is 15.8. The SMILES string of the molecule is O=c1cc(C2CCN(Cc3cccc(OCc4ccccn4)c3)CC2)nc[nH]1. The van der Waals surface area contributed by atoms with E-state index < -0.39 is 0 Å². The fraction of sp³-hybridized carbons (Fsp3) is 0.318. The van der Waals surface area contributed by atoms with Crippen molar-refractivity contribution >= 4 is 0 Å². The first-order chi connectivity index (χ1) is 13.8. The van der Waals surface area contributed by atoms with Crippen molar-refractivity contribution in [2.45, 2.75) is 31.9 Å². The third-order valence-electron chi connectivity index (χ3n) is 5.12. The number of aromatic nitrogens is 3. The normalized spacial score (nSPS) is 15.4. The van der Waals surface area contributed by atoms with E-state index in [1.54, 1.807) is 12.3 Å². The topological polar surface area (TPSA) is 71.1 Å². The fourth-order valence-corrected chi connectivity index (χ4v) is 3.63. The lowest BCUT2D eigenvalue weighted by Gasteiger charge is -2.31. The molecule has 1 fully saturated rings. The van der Waals surface area contributed by atoms with Crippen LogP contribution in [0.25, 0.3) is 0 Å². The molecule has 4 rings (SSSR count). The van der Waals surface area contributed by atoms with Crippen LogP contribution in [0.3, 0.4) is 0 Å². The van der Waals surface area contributed by atoms with Crippen LogP contribution in [-0.4, -0.2) is 32.9 Å². The van der Waals surface area contributed by atoms with E-state index in [9.17, 15) is 4.79 Å². The van der Waals surface area contributed by atoms with Gasteiger partial charge < -0.3 is 9.72 Å². The Kier molecular flexibility index (Phi) is 5.77. The highest BCUT2D eigenvalue weighted by Crippen LogP contribution is 2.27. The molecule has 3 aromatic rings. The van der Waals surface area contributed by atoms with Crippen LogP contribution in [0.2, 0.25) is 0 Å². The van der Waals surface area contributed by atoms with Crippen LogP contribution < -0.4 is 10.3 Å². The van der Waals surface area contributed by atoms with Crippen molar-refractivity contribution in [1.29, 1.82) is 0 Å². The van der Waals surface area contributed by atoms with Gasteiger partial charge in [-0.2, -0.15) is 0 Å². The third kappa shape index (κ3) is 4.84. The molecule has 1 N–H and O–H groups in total. The number of hydrogen-bond acceptors (Lipinski definition) is 5. The predicted molar refractivity (Wildman–Crippen MR) is 107 cm³/mol. The summed E-state index contributed by atoms with van der Waals surface area (Å²) >= 11 is 0. The average molecular weight is 376 g/mol. The number of likely N-dealkylation sites (tertiary alicyclic amines) is 1. The van der Waals surface area contributed by atoms with E-state index in [0.29, 0.717) is 12.5 Å². The molecular weight excluding hydrogens is 352 g/mol. The summed E-state index contributed by atoms with van der Waals surface area (Å²) in [4.78, 5) is 25.1. The molecular formula is C22H24N4O2. The van der Waals surface area contributed by atoms with Crippen LogP contribution in [0.5, 0.6) is 5.75 Å². The molecule has 1 aromatic carbocycles. The second-order valence-electron chi connectivity index (χ2n) is 7.14. The molecule has 3 heterocycles. The molecule has 1 saturated heterocycles. The van der Waals surface area contributed by atoms with Crippen molar-refractivity contribution < 1.29 is 4.74 Å². The van der Waals surface area contributed by atoms with E-state index >= 15 is 0 Å². The van der Waals surface area contributed by atoms with Crippen molar-refractivity contribution in [2.24, 2.45) is 0 Å². The van der Waals surface area contributed by atoms with Gasteiger partial charge >= 0.3 is 0 Å². The van der Waals surface area contributed by atoms with Crippen LogP contribution >= 0.6 is 0 Å². The lowest BCUT2D eigenvalue weighted by atomic mass is 9.93. The van der Waals surface area contributed by atoms with Crippen molar-refractivity contribution in [3.63, 3.8) is 0 Å². The van der Waals surface area contributed by atoms with Crippen LogP contribution in [0.4, 0.5) is 0 Å². The molecule has 0 saturated carbocycles. The van der Waals surface area contributed by atoms with Crippen LogP contribution in [0, 0.1) is 0 Å². The molecule has 0 unspecified atom stereocenters. The maximum Gasteiger partial charge on any atom is 0.250 e. The Hall–Kier alpha value is -2.99. The van der Waals surface area contributed by atoms with Crippen molar-refractivity contribution in [1.82, 2.24) is 19.9 Å². The Morgan fingerprint density at radius 2 is 1.96 bits per heavy atom. The third-order valence-corrected chi connectivity index (χ3v) is 5.12. The lowest BCUT2D eigenvalue weighted by Crippen LogP contribution is -2.33. The number of rotatable bonds is 6. The van der Waals surface area contributed by atoms with Gasteiger partial charge in [0.1, 0.15) is 12.4 Å². The molecule has 0 atom stereocenters. The number of ether oxygens (including phenoxy) is 1. The first kappa shape index (κ1) is 18.4. The second-order valence-corrected chi connectivity index (χ2v) is 7.14. The number of aromatic amines is 1. The van der Waals surface area contributed by atoms with E-state index in [1.807, 2.05) is 30.3 Å². The van der Waals surface area contributed by atoms with E-state index in [4.69, 9.17) is 4.74 Å². The number of H-pyrrole nitrogens is 1. The Bertz CT molecular complexity index is 950. The van der Waals surface area contributed by atoms with E-state index in [0.717, 1.165) is 49.6 Å². The monoisotopic (exact) mass is 376 g/mol. The molecule has 28 heavy (non-hydrogen) atoms. The summed E-state index contributed by atoms with van der Waals surface area (Å²) in [7, 11) is 0. The van der Waals surface area contributed by atoms with Crippen molar-refractivity contribution in [3.8, 4) is 5.75 Å². The Labute approximate surface area is 164 Å². The minimum atomic E-state index is -0.0741. The molecule has 0 radical (unpaired) electrons. The molecule has 0 bridgehead atoms. The van der Waals surface area contributed by atoms with Gasteiger partial charge in [-0.25, -0.2) is 4.98 Å². The summed E-state index contributed by atoms with van der Waals surface area (Å²) in [6.07, 6.45) is 5.32. The largest absolute Gasteiger partial charge is 0.487 e. The standard InChI is InChI=1S/C22H24N4O2/c27-22-13-21(24-16-25-22)18-7-10-26(11-8-18)14-17-4-3-6-20(12-17)28-15-19-5-1-2-9-23-19/h1-6,9,12-13,16,18H,7-8,10-11,14-15H2,(H,24,25,27). The highest BCUT2D eigenvalue weighted by atomic mass is 16.5. The summed E-state index contributed by atoms with van der Waals surface area (Å²) in [6.45, 7) is 3.37. The average Bonchev–Trinajstić information content (AvgIpc) is 2.74. The lowest BCUT2D eigenvalue weighted by molar-refractivity contribution is 0.203. The highest BCUT2D eigenvalue weighted by molar-refractivity contribution is 5.28. The van der Waals surface area contributed by atoms with Gasteiger partial charge in [-0.15, -0.1) is 0 Å². The molecule has 1 aliphatic rings. The molecule has 0 amide bonds. The molecule has 6 heteroatoms. The van der Waals surface area contributed by atoms with E-state index in [-0.39, 0.29) is 5.56 Å². The zero-order chi connectivity index (χ0) is 19.2. The number of benzene rings is 1.